The zero-order valence-electron chi connectivity index (χ0n) is 15.7. The van der Waals surface area contributed by atoms with E-state index in [0.29, 0.717) is 0 Å². The summed E-state index contributed by atoms with van der Waals surface area (Å²) < 4.78 is 5.14. The molecule has 0 saturated carbocycles. The smallest absolute Gasteiger partial charge is 0.249 e. The third-order valence-electron chi connectivity index (χ3n) is 4.88. The van der Waals surface area contributed by atoms with Gasteiger partial charge in [-0.25, -0.2) is 0 Å². The lowest BCUT2D eigenvalue weighted by Gasteiger charge is -2.31. The molecule has 1 fully saturated rings. The van der Waals surface area contributed by atoms with Crippen LogP contribution in [0.1, 0.15) is 36.4 Å². The van der Waals surface area contributed by atoms with Gasteiger partial charge in [-0.3, -0.25) is 9.59 Å². The maximum Gasteiger partial charge on any atom is 0.249 e. The first kappa shape index (κ1) is 19.0. The van der Waals surface area contributed by atoms with E-state index in [1.807, 2.05) is 59.5 Å². The van der Waals surface area contributed by atoms with Gasteiger partial charge in [0.15, 0.2) is 0 Å². The van der Waals surface area contributed by atoms with Gasteiger partial charge in [-0.15, -0.1) is 0 Å². The van der Waals surface area contributed by atoms with Crippen LogP contribution in [-0.2, 0) is 16.0 Å². The standard InChI is InChI=1S/C22H26N2O3/c1-27-19-12-10-17(11-13-19)16-20(25)23-21(18-8-4-2-5-9-18)22(26)24-14-6-3-7-15-24/h2,4-5,8-13,21H,3,6-7,14-16H2,1H3,(H,23,25)/t21-/m0/s1. The van der Waals surface area contributed by atoms with Crippen LogP contribution in [0.2, 0.25) is 0 Å². The first-order valence-electron chi connectivity index (χ1n) is 9.43. The Bertz CT molecular complexity index is 753. The molecule has 1 aliphatic rings. The van der Waals surface area contributed by atoms with Crippen molar-refractivity contribution in [1.29, 1.82) is 0 Å². The molecule has 27 heavy (non-hydrogen) atoms. The molecule has 0 spiro atoms. The molecule has 5 heteroatoms. The average Bonchev–Trinajstić information content (AvgIpc) is 2.73. The van der Waals surface area contributed by atoms with E-state index in [4.69, 9.17) is 4.74 Å². The number of carbonyl (C=O) groups is 2. The Balaban J connectivity index is 1.72. The van der Waals surface area contributed by atoms with Crippen LogP contribution in [0.5, 0.6) is 5.75 Å². The number of nitrogens with one attached hydrogen (secondary N) is 1. The van der Waals surface area contributed by atoms with Gasteiger partial charge in [-0.2, -0.15) is 0 Å². The molecule has 2 aromatic carbocycles. The quantitative estimate of drug-likeness (QED) is 0.855. The Hall–Kier alpha value is -2.82. The van der Waals surface area contributed by atoms with Crippen LogP contribution >= 0.6 is 0 Å². The Kier molecular flexibility index (Phi) is 6.47. The molecule has 1 heterocycles. The van der Waals surface area contributed by atoms with Crippen molar-refractivity contribution >= 4 is 11.8 Å². The van der Waals surface area contributed by atoms with Crippen LogP contribution in [0.15, 0.2) is 54.6 Å². The molecule has 0 aromatic heterocycles. The minimum absolute atomic E-state index is 0.0241. The van der Waals surface area contributed by atoms with Gasteiger partial charge < -0.3 is 15.0 Å². The minimum Gasteiger partial charge on any atom is -0.497 e. The number of amides is 2. The summed E-state index contributed by atoms with van der Waals surface area (Å²) in [6.07, 6.45) is 3.42. The summed E-state index contributed by atoms with van der Waals surface area (Å²) in [6, 6.07) is 16.2. The number of carbonyl (C=O) groups excluding carboxylic acids is 2. The molecule has 0 radical (unpaired) electrons. The van der Waals surface area contributed by atoms with Crippen molar-refractivity contribution in [2.45, 2.75) is 31.7 Å². The number of piperidine rings is 1. The monoisotopic (exact) mass is 366 g/mol. The summed E-state index contributed by atoms with van der Waals surface area (Å²) in [5.41, 5.74) is 1.70. The van der Waals surface area contributed by atoms with Gasteiger partial charge in [-0.1, -0.05) is 42.5 Å². The second kappa shape index (κ2) is 9.21. The highest BCUT2D eigenvalue weighted by Crippen LogP contribution is 2.20. The Morgan fingerprint density at radius 3 is 2.30 bits per heavy atom. The average molecular weight is 366 g/mol. The zero-order chi connectivity index (χ0) is 19.1. The number of hydrogen-bond acceptors (Lipinski definition) is 3. The molecule has 0 bridgehead atoms. The molecule has 0 unspecified atom stereocenters. The molecular weight excluding hydrogens is 340 g/mol. The lowest BCUT2D eigenvalue weighted by molar-refractivity contribution is -0.137. The van der Waals surface area contributed by atoms with Crippen molar-refractivity contribution in [2.24, 2.45) is 0 Å². The molecule has 1 aliphatic heterocycles. The number of likely N-dealkylation sites (tertiary alicyclic amines) is 1. The second-order valence-electron chi connectivity index (χ2n) is 6.82. The molecule has 2 aromatic rings. The van der Waals surface area contributed by atoms with Crippen LogP contribution < -0.4 is 10.1 Å². The molecule has 2 amide bonds. The fourth-order valence-corrected chi connectivity index (χ4v) is 3.37. The maximum atomic E-state index is 13.1. The van der Waals surface area contributed by atoms with Crippen LogP contribution in [0, 0.1) is 0 Å². The van der Waals surface area contributed by atoms with Crippen molar-refractivity contribution in [3.8, 4) is 5.75 Å². The first-order valence-corrected chi connectivity index (χ1v) is 9.43. The normalized spacial score (nSPS) is 15.1. The van der Waals surface area contributed by atoms with Gasteiger partial charge in [0.2, 0.25) is 11.8 Å². The third-order valence-corrected chi connectivity index (χ3v) is 4.88. The molecule has 1 N–H and O–H groups in total. The van der Waals surface area contributed by atoms with E-state index in [-0.39, 0.29) is 18.2 Å². The number of methoxy groups -OCH3 is 1. The molecule has 1 saturated heterocycles. The predicted octanol–water partition coefficient (Wildman–Crippen LogP) is 3.11. The van der Waals surface area contributed by atoms with Crippen LogP contribution in [0.3, 0.4) is 0 Å². The fraction of sp³-hybridized carbons (Fsp3) is 0.364. The molecule has 142 valence electrons. The van der Waals surface area contributed by atoms with E-state index < -0.39 is 6.04 Å². The number of rotatable bonds is 6. The third kappa shape index (κ3) is 5.09. The summed E-state index contributed by atoms with van der Waals surface area (Å²) in [5, 5.41) is 2.95. The molecule has 0 aliphatic carbocycles. The van der Waals surface area contributed by atoms with Gasteiger partial charge in [0.25, 0.3) is 0 Å². The number of hydrogen-bond donors (Lipinski definition) is 1. The fourth-order valence-electron chi connectivity index (χ4n) is 3.37. The van der Waals surface area contributed by atoms with Crippen molar-refractivity contribution < 1.29 is 14.3 Å². The minimum atomic E-state index is -0.643. The van der Waals surface area contributed by atoms with E-state index in [2.05, 4.69) is 5.32 Å². The van der Waals surface area contributed by atoms with E-state index >= 15 is 0 Å². The lowest BCUT2D eigenvalue weighted by atomic mass is 10.0. The molecule has 3 rings (SSSR count). The highest BCUT2D eigenvalue weighted by atomic mass is 16.5. The highest BCUT2D eigenvalue weighted by Gasteiger charge is 2.28. The highest BCUT2D eigenvalue weighted by molar-refractivity contribution is 5.89. The van der Waals surface area contributed by atoms with Gasteiger partial charge in [0, 0.05) is 13.1 Å². The van der Waals surface area contributed by atoms with Gasteiger partial charge in [0.1, 0.15) is 11.8 Å². The summed E-state index contributed by atoms with van der Waals surface area (Å²) in [4.78, 5) is 27.6. The first-order chi connectivity index (χ1) is 13.2. The zero-order valence-corrected chi connectivity index (χ0v) is 15.7. The van der Waals surface area contributed by atoms with Crippen LogP contribution in [0.25, 0.3) is 0 Å². The summed E-state index contributed by atoms with van der Waals surface area (Å²) >= 11 is 0. The van der Waals surface area contributed by atoms with Gasteiger partial charge in [0.05, 0.1) is 13.5 Å². The topological polar surface area (TPSA) is 58.6 Å². The van der Waals surface area contributed by atoms with Crippen molar-refractivity contribution in [2.75, 3.05) is 20.2 Å². The summed E-state index contributed by atoms with van der Waals surface area (Å²) in [5.74, 6) is 0.560. The molecule has 1 atom stereocenters. The summed E-state index contributed by atoms with van der Waals surface area (Å²) in [7, 11) is 1.61. The Morgan fingerprint density at radius 1 is 1.00 bits per heavy atom. The van der Waals surface area contributed by atoms with Gasteiger partial charge in [-0.05, 0) is 42.5 Å². The lowest BCUT2D eigenvalue weighted by Crippen LogP contribution is -2.45. The Labute approximate surface area is 160 Å². The number of benzene rings is 2. The second-order valence-corrected chi connectivity index (χ2v) is 6.82. The number of ether oxygens (including phenoxy) is 1. The van der Waals surface area contributed by atoms with E-state index in [0.717, 1.165) is 49.2 Å². The SMILES string of the molecule is COc1ccc(CC(=O)N[C@H](C(=O)N2CCCCC2)c2ccccc2)cc1. The van der Waals surface area contributed by atoms with Crippen molar-refractivity contribution in [3.05, 3.63) is 65.7 Å². The van der Waals surface area contributed by atoms with E-state index in [1.54, 1.807) is 7.11 Å². The van der Waals surface area contributed by atoms with E-state index in [9.17, 15) is 9.59 Å². The van der Waals surface area contributed by atoms with E-state index in [1.165, 1.54) is 0 Å². The maximum absolute atomic E-state index is 13.1. The van der Waals surface area contributed by atoms with Crippen LogP contribution in [0.4, 0.5) is 0 Å². The molecular formula is C22H26N2O3. The molecule has 5 nitrogen and oxygen atoms in total. The van der Waals surface area contributed by atoms with Crippen LogP contribution in [-0.4, -0.2) is 36.9 Å². The van der Waals surface area contributed by atoms with Crippen molar-refractivity contribution in [1.82, 2.24) is 10.2 Å². The Morgan fingerprint density at radius 2 is 1.67 bits per heavy atom. The van der Waals surface area contributed by atoms with Crippen molar-refractivity contribution in [3.63, 3.8) is 0 Å². The number of nitrogens with zero attached hydrogens (tertiary/aromatic N) is 1. The predicted molar refractivity (Wildman–Crippen MR) is 104 cm³/mol. The largest absolute Gasteiger partial charge is 0.497 e. The summed E-state index contributed by atoms with van der Waals surface area (Å²) in [6.45, 7) is 1.52. The van der Waals surface area contributed by atoms with Gasteiger partial charge >= 0.3 is 0 Å².